The molecule has 0 saturated carbocycles. The molecule has 0 unspecified atom stereocenters. The van der Waals surface area contributed by atoms with E-state index >= 15 is 0 Å². The van der Waals surface area contributed by atoms with E-state index in [1.165, 1.54) is 0 Å². The van der Waals surface area contributed by atoms with Crippen LogP contribution in [-0.4, -0.2) is 25.8 Å². The van der Waals surface area contributed by atoms with Crippen molar-refractivity contribution in [3.05, 3.63) is 53.7 Å². The summed E-state index contributed by atoms with van der Waals surface area (Å²) in [5.41, 5.74) is 2.76. The molecule has 8 nitrogen and oxygen atoms in total. The van der Waals surface area contributed by atoms with E-state index in [2.05, 4.69) is 20.6 Å². The van der Waals surface area contributed by atoms with Crippen LogP contribution in [0.2, 0.25) is 0 Å². The van der Waals surface area contributed by atoms with E-state index in [1.54, 1.807) is 42.3 Å². The minimum atomic E-state index is -0.243. The number of amides is 1. The Morgan fingerprint density at radius 1 is 1.36 bits per heavy atom. The minimum Gasteiger partial charge on any atom is -0.463 e. The molecule has 1 N–H and O–H groups in total. The molecule has 4 aromatic rings. The number of nitrogens with one attached hydrogen (secondary N) is 1. The first-order chi connectivity index (χ1) is 12.1. The number of rotatable bonds is 4. The number of carbonyl (C=O) groups excluding carboxylic acids is 1. The first-order valence-electron chi connectivity index (χ1n) is 7.69. The molecule has 4 aromatic heterocycles. The summed E-state index contributed by atoms with van der Waals surface area (Å²) in [6, 6.07) is 7.06. The number of aromatic nitrogens is 4. The number of fused-ring (bicyclic) bond motifs is 1. The molecule has 25 heavy (non-hydrogen) atoms. The number of hydrogen-bond acceptors (Lipinski definition) is 6. The van der Waals surface area contributed by atoms with Crippen molar-refractivity contribution in [3.63, 3.8) is 0 Å². The molecule has 1 amide bonds. The van der Waals surface area contributed by atoms with Gasteiger partial charge in [0, 0.05) is 13.2 Å². The molecule has 4 heterocycles. The standard InChI is InChI=1S/C17H15N5O3/c1-10-15-12(16(23)18-9-11-5-6-19-22(11)2)8-13(14-4-3-7-24-14)20-17(15)25-21-10/h3-8H,9H2,1-2H3,(H,18,23). The average molecular weight is 337 g/mol. The summed E-state index contributed by atoms with van der Waals surface area (Å²) in [7, 11) is 1.82. The van der Waals surface area contributed by atoms with E-state index in [9.17, 15) is 4.79 Å². The number of aryl methyl sites for hydroxylation is 2. The van der Waals surface area contributed by atoms with Gasteiger partial charge in [0.25, 0.3) is 11.6 Å². The molecule has 0 aromatic carbocycles. The summed E-state index contributed by atoms with van der Waals surface area (Å²) >= 11 is 0. The molecule has 0 aliphatic rings. The molecule has 0 saturated heterocycles. The Kier molecular flexibility index (Phi) is 3.57. The van der Waals surface area contributed by atoms with Gasteiger partial charge in [0.15, 0.2) is 5.76 Å². The van der Waals surface area contributed by atoms with Gasteiger partial charge in [-0.3, -0.25) is 9.48 Å². The Balaban J connectivity index is 1.73. The number of pyridine rings is 1. The fraction of sp³-hybridized carbons (Fsp3) is 0.176. The third-order valence-electron chi connectivity index (χ3n) is 3.99. The van der Waals surface area contributed by atoms with Crippen molar-refractivity contribution in [2.75, 3.05) is 0 Å². The van der Waals surface area contributed by atoms with Crippen molar-refractivity contribution >= 4 is 17.0 Å². The monoisotopic (exact) mass is 337 g/mol. The van der Waals surface area contributed by atoms with Crippen molar-refractivity contribution < 1.29 is 13.7 Å². The Morgan fingerprint density at radius 2 is 2.24 bits per heavy atom. The summed E-state index contributed by atoms with van der Waals surface area (Å²) in [6.07, 6.45) is 3.24. The second kappa shape index (κ2) is 5.90. The molecule has 4 rings (SSSR count). The van der Waals surface area contributed by atoms with E-state index in [0.29, 0.717) is 40.4 Å². The molecule has 0 radical (unpaired) electrons. The molecular weight excluding hydrogens is 322 g/mol. The van der Waals surface area contributed by atoms with Gasteiger partial charge in [-0.1, -0.05) is 5.16 Å². The van der Waals surface area contributed by atoms with Gasteiger partial charge in [-0.2, -0.15) is 5.10 Å². The maximum Gasteiger partial charge on any atom is 0.259 e. The first-order valence-corrected chi connectivity index (χ1v) is 7.69. The summed E-state index contributed by atoms with van der Waals surface area (Å²) in [6.45, 7) is 2.14. The predicted molar refractivity (Wildman–Crippen MR) is 88.6 cm³/mol. The smallest absolute Gasteiger partial charge is 0.259 e. The van der Waals surface area contributed by atoms with E-state index in [4.69, 9.17) is 8.94 Å². The zero-order valence-corrected chi connectivity index (χ0v) is 13.7. The number of furan rings is 1. The van der Waals surface area contributed by atoms with Gasteiger partial charge in [-0.15, -0.1) is 0 Å². The molecule has 0 aliphatic heterocycles. The molecular formula is C17H15N5O3. The third-order valence-corrected chi connectivity index (χ3v) is 3.99. The Hall–Kier alpha value is -3.42. The highest BCUT2D eigenvalue weighted by Crippen LogP contribution is 2.27. The summed E-state index contributed by atoms with van der Waals surface area (Å²) in [5, 5.41) is 11.5. The van der Waals surface area contributed by atoms with Gasteiger partial charge in [0.05, 0.1) is 35.1 Å². The lowest BCUT2D eigenvalue weighted by Gasteiger charge is -2.07. The SMILES string of the molecule is Cc1noc2nc(-c3ccco3)cc(C(=O)NCc3ccnn3C)c12. The Bertz CT molecular complexity index is 1050. The van der Waals surface area contributed by atoms with Crippen LogP contribution in [0.1, 0.15) is 21.7 Å². The molecule has 0 spiro atoms. The Morgan fingerprint density at radius 3 is 2.96 bits per heavy atom. The van der Waals surface area contributed by atoms with Crippen LogP contribution in [0.4, 0.5) is 0 Å². The largest absolute Gasteiger partial charge is 0.463 e. The Labute approximate surface area is 142 Å². The lowest BCUT2D eigenvalue weighted by molar-refractivity contribution is 0.0951. The van der Waals surface area contributed by atoms with Gasteiger partial charge in [-0.05, 0) is 31.2 Å². The van der Waals surface area contributed by atoms with Crippen LogP contribution in [0.3, 0.4) is 0 Å². The number of hydrogen-bond donors (Lipinski definition) is 1. The van der Waals surface area contributed by atoms with Crippen LogP contribution >= 0.6 is 0 Å². The van der Waals surface area contributed by atoms with Crippen molar-refractivity contribution in [2.45, 2.75) is 13.5 Å². The maximum atomic E-state index is 12.8. The summed E-state index contributed by atoms with van der Waals surface area (Å²) in [5.74, 6) is 0.310. The second-order valence-electron chi connectivity index (χ2n) is 5.61. The lowest BCUT2D eigenvalue weighted by atomic mass is 10.1. The highest BCUT2D eigenvalue weighted by atomic mass is 16.5. The van der Waals surface area contributed by atoms with Crippen LogP contribution in [-0.2, 0) is 13.6 Å². The van der Waals surface area contributed by atoms with E-state index in [1.807, 2.05) is 13.1 Å². The summed E-state index contributed by atoms with van der Waals surface area (Å²) in [4.78, 5) is 17.2. The molecule has 0 atom stereocenters. The third kappa shape index (κ3) is 2.67. The van der Waals surface area contributed by atoms with Gasteiger partial charge in [0.2, 0.25) is 0 Å². The normalized spacial score (nSPS) is 11.1. The predicted octanol–water partition coefficient (Wildman–Crippen LogP) is 2.45. The van der Waals surface area contributed by atoms with Crippen LogP contribution < -0.4 is 5.32 Å². The van der Waals surface area contributed by atoms with Crippen molar-refractivity contribution in [2.24, 2.45) is 7.05 Å². The topological polar surface area (TPSA) is 99.0 Å². The zero-order valence-electron chi connectivity index (χ0n) is 13.7. The van der Waals surface area contributed by atoms with Crippen LogP contribution in [0.15, 0.2) is 45.7 Å². The minimum absolute atomic E-state index is 0.243. The molecule has 126 valence electrons. The quantitative estimate of drug-likeness (QED) is 0.614. The molecule has 0 fully saturated rings. The fourth-order valence-electron chi connectivity index (χ4n) is 2.67. The van der Waals surface area contributed by atoms with Gasteiger partial charge in [-0.25, -0.2) is 4.98 Å². The van der Waals surface area contributed by atoms with E-state index < -0.39 is 0 Å². The molecule has 8 heteroatoms. The average Bonchev–Trinajstić information content (AvgIpc) is 3.34. The highest BCUT2D eigenvalue weighted by Gasteiger charge is 2.20. The maximum absolute atomic E-state index is 12.8. The van der Waals surface area contributed by atoms with Gasteiger partial charge < -0.3 is 14.3 Å². The zero-order chi connectivity index (χ0) is 17.4. The molecule has 0 aliphatic carbocycles. The van der Waals surface area contributed by atoms with Crippen LogP contribution in [0, 0.1) is 6.92 Å². The van der Waals surface area contributed by atoms with Crippen molar-refractivity contribution in [1.82, 2.24) is 25.2 Å². The van der Waals surface area contributed by atoms with E-state index in [-0.39, 0.29) is 5.91 Å². The first kappa shape index (κ1) is 15.1. The van der Waals surface area contributed by atoms with Crippen LogP contribution in [0.25, 0.3) is 22.6 Å². The number of nitrogens with zero attached hydrogens (tertiary/aromatic N) is 4. The number of carbonyl (C=O) groups is 1. The van der Waals surface area contributed by atoms with Crippen molar-refractivity contribution in [1.29, 1.82) is 0 Å². The fourth-order valence-corrected chi connectivity index (χ4v) is 2.67. The van der Waals surface area contributed by atoms with Crippen molar-refractivity contribution in [3.8, 4) is 11.5 Å². The highest BCUT2D eigenvalue weighted by molar-refractivity contribution is 6.06. The van der Waals surface area contributed by atoms with E-state index in [0.717, 1.165) is 5.69 Å². The lowest BCUT2D eigenvalue weighted by Crippen LogP contribution is -2.24. The van der Waals surface area contributed by atoms with Gasteiger partial charge in [0.1, 0.15) is 5.69 Å². The van der Waals surface area contributed by atoms with Crippen LogP contribution in [0.5, 0.6) is 0 Å². The van der Waals surface area contributed by atoms with Gasteiger partial charge >= 0.3 is 0 Å². The molecule has 0 bridgehead atoms. The second-order valence-corrected chi connectivity index (χ2v) is 5.61. The summed E-state index contributed by atoms with van der Waals surface area (Å²) < 4.78 is 12.3.